The molecule has 0 aromatic heterocycles. The van der Waals surface area contributed by atoms with Gasteiger partial charge in [0.05, 0.1) is 11.5 Å². The van der Waals surface area contributed by atoms with Crippen LogP contribution in [0.3, 0.4) is 0 Å². The second-order valence-electron chi connectivity index (χ2n) is 6.04. The van der Waals surface area contributed by atoms with E-state index in [1.54, 1.807) is 6.07 Å². The van der Waals surface area contributed by atoms with Crippen LogP contribution in [0.15, 0.2) is 24.3 Å². The van der Waals surface area contributed by atoms with E-state index >= 15 is 0 Å². The Balaban J connectivity index is 1.53. The van der Waals surface area contributed by atoms with Gasteiger partial charge in [-0.15, -0.1) is 0 Å². The van der Waals surface area contributed by atoms with E-state index in [1.165, 1.54) is 24.6 Å². The molecule has 23 heavy (non-hydrogen) atoms. The molecule has 1 aromatic rings. The molecule has 1 aliphatic carbocycles. The van der Waals surface area contributed by atoms with Gasteiger partial charge in [-0.2, -0.15) is 0 Å². The van der Waals surface area contributed by atoms with Crippen LogP contribution >= 0.6 is 0 Å². The Hall–Kier alpha value is -1.99. The molecule has 124 valence electrons. The average Bonchev–Trinajstić information content (AvgIpc) is 2.96. The highest BCUT2D eigenvalue weighted by atomic mass is 16.7. The summed E-state index contributed by atoms with van der Waals surface area (Å²) < 4.78 is 11.8. The van der Waals surface area contributed by atoms with Crippen LogP contribution in [0, 0.1) is 10.1 Å². The Labute approximate surface area is 134 Å². The molecule has 7 nitrogen and oxygen atoms in total. The van der Waals surface area contributed by atoms with Gasteiger partial charge in [0.15, 0.2) is 5.79 Å². The number of hydrogen-bond acceptors (Lipinski definition) is 5. The van der Waals surface area contributed by atoms with Crippen molar-refractivity contribution in [2.75, 3.05) is 13.2 Å². The number of ether oxygens (including phenoxy) is 2. The first-order valence-electron chi connectivity index (χ1n) is 7.92. The Bertz CT molecular complexity index is 598. The molecule has 0 radical (unpaired) electrons. The first-order valence-corrected chi connectivity index (χ1v) is 7.92. The van der Waals surface area contributed by atoms with Gasteiger partial charge in [0.25, 0.3) is 11.6 Å². The van der Waals surface area contributed by atoms with Crippen molar-refractivity contribution >= 4 is 11.6 Å². The van der Waals surface area contributed by atoms with Crippen LogP contribution in [0.5, 0.6) is 0 Å². The van der Waals surface area contributed by atoms with Gasteiger partial charge in [0.1, 0.15) is 6.10 Å². The van der Waals surface area contributed by atoms with E-state index in [0.717, 1.165) is 25.7 Å². The zero-order chi connectivity index (χ0) is 16.3. The van der Waals surface area contributed by atoms with E-state index in [2.05, 4.69) is 5.32 Å². The lowest BCUT2D eigenvalue weighted by Gasteiger charge is -2.31. The Morgan fingerprint density at radius 3 is 2.87 bits per heavy atom. The monoisotopic (exact) mass is 320 g/mol. The smallest absolute Gasteiger partial charge is 0.270 e. The van der Waals surface area contributed by atoms with E-state index < -0.39 is 10.7 Å². The van der Waals surface area contributed by atoms with Crippen molar-refractivity contribution < 1.29 is 19.2 Å². The lowest BCUT2D eigenvalue weighted by molar-refractivity contribution is -0.384. The van der Waals surface area contributed by atoms with Gasteiger partial charge in [-0.25, -0.2) is 0 Å². The number of nitro benzene ring substituents is 1. The maximum Gasteiger partial charge on any atom is 0.270 e. The highest BCUT2D eigenvalue weighted by molar-refractivity contribution is 5.94. The number of carbonyl (C=O) groups excluding carboxylic acids is 1. The number of rotatable bonds is 4. The highest BCUT2D eigenvalue weighted by Gasteiger charge is 2.42. The third kappa shape index (κ3) is 3.68. The van der Waals surface area contributed by atoms with Crippen LogP contribution in [0.25, 0.3) is 0 Å². The summed E-state index contributed by atoms with van der Waals surface area (Å²) in [5.74, 6) is -0.805. The number of hydrogen-bond donors (Lipinski definition) is 1. The third-order valence-electron chi connectivity index (χ3n) is 4.34. The molecule has 1 aliphatic heterocycles. The number of amides is 1. The number of carbonyl (C=O) groups is 1. The molecule has 0 bridgehead atoms. The predicted molar refractivity (Wildman–Crippen MR) is 82.1 cm³/mol. The van der Waals surface area contributed by atoms with E-state index in [1.807, 2.05) is 0 Å². The van der Waals surface area contributed by atoms with Gasteiger partial charge in [-0.3, -0.25) is 14.9 Å². The molecule has 2 aliphatic rings. The van der Waals surface area contributed by atoms with Crippen LogP contribution in [0.2, 0.25) is 0 Å². The molecule has 7 heteroatoms. The molecular weight excluding hydrogens is 300 g/mol. The average molecular weight is 320 g/mol. The molecule has 1 N–H and O–H groups in total. The first kappa shape index (κ1) is 15.9. The molecular formula is C16H20N2O5. The largest absolute Gasteiger partial charge is 0.349 e. The molecule has 1 unspecified atom stereocenters. The summed E-state index contributed by atoms with van der Waals surface area (Å²) in [5.41, 5.74) is 0.171. The van der Waals surface area contributed by atoms with Gasteiger partial charge in [0.2, 0.25) is 0 Å². The minimum atomic E-state index is -0.516. The van der Waals surface area contributed by atoms with Crippen molar-refractivity contribution in [1.82, 2.24) is 5.32 Å². The van der Waals surface area contributed by atoms with Crippen LogP contribution in [-0.2, 0) is 9.47 Å². The van der Waals surface area contributed by atoms with Crippen molar-refractivity contribution in [3.05, 3.63) is 39.9 Å². The topological polar surface area (TPSA) is 90.7 Å². The fraction of sp³-hybridized carbons (Fsp3) is 0.562. The number of non-ortho nitro benzene ring substituents is 1. The summed E-state index contributed by atoms with van der Waals surface area (Å²) in [7, 11) is 0. The van der Waals surface area contributed by atoms with E-state index in [9.17, 15) is 14.9 Å². The van der Waals surface area contributed by atoms with Gasteiger partial charge >= 0.3 is 0 Å². The SMILES string of the molecule is O=C(NCC1COC2(CCCCC2)O1)c1cccc([N+](=O)[O-])c1. The normalized spacial score (nSPS) is 22.9. The lowest BCUT2D eigenvalue weighted by atomic mass is 9.94. The first-order chi connectivity index (χ1) is 11.1. The number of benzene rings is 1. The summed E-state index contributed by atoms with van der Waals surface area (Å²) >= 11 is 0. The molecule has 2 fully saturated rings. The quantitative estimate of drug-likeness (QED) is 0.679. The predicted octanol–water partition coefficient (Wildman–Crippen LogP) is 2.40. The van der Waals surface area contributed by atoms with Crippen LogP contribution in [0.1, 0.15) is 42.5 Å². The van der Waals surface area contributed by atoms with Crippen LogP contribution < -0.4 is 5.32 Å². The molecule has 1 aromatic carbocycles. The summed E-state index contributed by atoms with van der Waals surface area (Å²) in [6, 6.07) is 5.68. The summed E-state index contributed by atoms with van der Waals surface area (Å²) in [6.45, 7) is 0.804. The molecule has 1 saturated carbocycles. The number of nitro groups is 1. The third-order valence-corrected chi connectivity index (χ3v) is 4.34. The maximum absolute atomic E-state index is 12.1. The van der Waals surface area contributed by atoms with E-state index in [-0.39, 0.29) is 23.3 Å². The Kier molecular flexibility index (Phi) is 4.58. The Morgan fingerprint density at radius 2 is 2.13 bits per heavy atom. The zero-order valence-corrected chi connectivity index (χ0v) is 12.8. The second-order valence-corrected chi connectivity index (χ2v) is 6.04. The minimum Gasteiger partial charge on any atom is -0.349 e. The Morgan fingerprint density at radius 1 is 1.35 bits per heavy atom. The van der Waals surface area contributed by atoms with Gasteiger partial charge in [-0.05, 0) is 18.9 Å². The molecule has 1 spiro atoms. The molecule has 1 atom stereocenters. The van der Waals surface area contributed by atoms with Crippen molar-refractivity contribution in [2.45, 2.75) is 44.0 Å². The second kappa shape index (κ2) is 6.64. The van der Waals surface area contributed by atoms with Crippen molar-refractivity contribution in [3.63, 3.8) is 0 Å². The lowest BCUT2D eigenvalue weighted by Crippen LogP contribution is -2.37. The number of nitrogens with one attached hydrogen (secondary N) is 1. The molecule has 1 amide bonds. The molecule has 3 rings (SSSR count). The summed E-state index contributed by atoms with van der Waals surface area (Å²) in [5, 5.41) is 13.5. The van der Waals surface area contributed by atoms with Crippen molar-refractivity contribution in [1.29, 1.82) is 0 Å². The molecule has 1 heterocycles. The zero-order valence-electron chi connectivity index (χ0n) is 12.8. The van der Waals surface area contributed by atoms with E-state index in [4.69, 9.17) is 9.47 Å². The summed E-state index contributed by atoms with van der Waals surface area (Å²) in [6.07, 6.45) is 5.06. The van der Waals surface area contributed by atoms with Crippen molar-refractivity contribution in [2.24, 2.45) is 0 Å². The highest BCUT2D eigenvalue weighted by Crippen LogP contribution is 2.37. The standard InChI is InChI=1S/C16H20N2O5/c19-15(12-5-4-6-13(9-12)18(20)21)17-10-14-11-22-16(23-14)7-2-1-3-8-16/h4-6,9,14H,1-3,7-8,10-11H2,(H,17,19). The van der Waals surface area contributed by atoms with Gasteiger partial charge in [0, 0.05) is 37.1 Å². The van der Waals surface area contributed by atoms with Crippen LogP contribution in [0.4, 0.5) is 5.69 Å². The number of nitrogens with zero attached hydrogens (tertiary/aromatic N) is 1. The van der Waals surface area contributed by atoms with Gasteiger partial charge in [-0.1, -0.05) is 12.5 Å². The van der Waals surface area contributed by atoms with E-state index in [0.29, 0.717) is 13.2 Å². The maximum atomic E-state index is 12.1. The van der Waals surface area contributed by atoms with Crippen LogP contribution in [-0.4, -0.2) is 35.9 Å². The van der Waals surface area contributed by atoms with Gasteiger partial charge < -0.3 is 14.8 Å². The minimum absolute atomic E-state index is 0.0979. The fourth-order valence-electron chi connectivity index (χ4n) is 3.14. The summed E-state index contributed by atoms with van der Waals surface area (Å²) in [4.78, 5) is 22.3. The molecule has 1 saturated heterocycles. The van der Waals surface area contributed by atoms with Crippen molar-refractivity contribution in [3.8, 4) is 0 Å². The fourth-order valence-corrected chi connectivity index (χ4v) is 3.14.